The van der Waals surface area contributed by atoms with E-state index in [4.69, 9.17) is 0 Å². The molecule has 0 fully saturated rings. The van der Waals surface area contributed by atoms with Crippen molar-refractivity contribution in [3.8, 4) is 0 Å². The number of pyridine rings is 1. The van der Waals surface area contributed by atoms with E-state index in [1.807, 2.05) is 30.3 Å². The van der Waals surface area contributed by atoms with Crippen molar-refractivity contribution < 1.29 is 9.90 Å². The monoisotopic (exact) mass is 320 g/mol. The van der Waals surface area contributed by atoms with E-state index in [0.717, 1.165) is 5.56 Å². The van der Waals surface area contributed by atoms with Crippen LogP contribution in [-0.4, -0.2) is 22.6 Å². The third-order valence-corrected chi connectivity index (χ3v) is 3.33. The third kappa shape index (κ3) is 3.39. The first kappa shape index (κ1) is 13.7. The Balaban J connectivity index is 2.16. The van der Waals surface area contributed by atoms with Crippen LogP contribution in [0.25, 0.3) is 0 Å². The summed E-state index contributed by atoms with van der Waals surface area (Å²) in [5.74, 6) is -0.275. The number of rotatable bonds is 4. The van der Waals surface area contributed by atoms with E-state index in [9.17, 15) is 9.90 Å². The summed E-state index contributed by atoms with van der Waals surface area (Å²) in [6.45, 7) is -0.159. The fourth-order valence-corrected chi connectivity index (χ4v) is 2.14. The summed E-state index contributed by atoms with van der Waals surface area (Å²) in [5, 5.41) is 12.2. The Morgan fingerprint density at radius 1 is 1.26 bits per heavy atom. The maximum atomic E-state index is 12.1. The van der Waals surface area contributed by atoms with Crippen molar-refractivity contribution in [2.75, 3.05) is 6.61 Å². The highest BCUT2D eigenvalue weighted by Crippen LogP contribution is 2.16. The van der Waals surface area contributed by atoms with Gasteiger partial charge in [-0.1, -0.05) is 30.3 Å². The van der Waals surface area contributed by atoms with Gasteiger partial charge in [-0.3, -0.25) is 4.79 Å². The van der Waals surface area contributed by atoms with E-state index in [0.29, 0.717) is 10.2 Å². The first-order chi connectivity index (χ1) is 9.22. The van der Waals surface area contributed by atoms with Gasteiger partial charge in [0.2, 0.25) is 0 Å². The number of nitrogens with one attached hydrogen (secondary N) is 1. The van der Waals surface area contributed by atoms with Crippen molar-refractivity contribution in [2.45, 2.75) is 6.04 Å². The molecule has 0 spiro atoms. The molecular formula is C14H13BrN2O2. The number of hydrogen-bond acceptors (Lipinski definition) is 3. The molecule has 1 atom stereocenters. The molecule has 0 saturated heterocycles. The molecule has 2 N–H and O–H groups in total. The number of hydrogen-bond donors (Lipinski definition) is 2. The van der Waals surface area contributed by atoms with Crippen LogP contribution in [0.5, 0.6) is 0 Å². The lowest BCUT2D eigenvalue weighted by molar-refractivity contribution is 0.0915. The number of aliphatic hydroxyl groups is 1. The number of aliphatic hydroxyl groups excluding tert-OH is 1. The fourth-order valence-electron chi connectivity index (χ4n) is 1.71. The highest BCUT2D eigenvalue weighted by molar-refractivity contribution is 9.10. The highest BCUT2D eigenvalue weighted by Gasteiger charge is 2.16. The summed E-state index contributed by atoms with van der Waals surface area (Å²) in [5.41, 5.74) is 1.30. The van der Waals surface area contributed by atoms with Gasteiger partial charge in [-0.05, 0) is 33.6 Å². The van der Waals surface area contributed by atoms with Gasteiger partial charge in [0.25, 0.3) is 5.91 Å². The molecule has 0 aliphatic carbocycles. The molecular weight excluding hydrogens is 308 g/mol. The van der Waals surface area contributed by atoms with Crippen LogP contribution in [0.2, 0.25) is 0 Å². The Hall–Kier alpha value is -1.72. The van der Waals surface area contributed by atoms with Gasteiger partial charge < -0.3 is 10.4 Å². The van der Waals surface area contributed by atoms with E-state index < -0.39 is 6.04 Å². The van der Waals surface area contributed by atoms with Crippen LogP contribution in [0, 0.1) is 0 Å². The van der Waals surface area contributed by atoms with Crippen molar-refractivity contribution in [2.24, 2.45) is 0 Å². The molecule has 0 bridgehead atoms. The number of benzene rings is 1. The summed E-state index contributed by atoms with van der Waals surface area (Å²) in [6.07, 6.45) is 1.60. The van der Waals surface area contributed by atoms with E-state index in [-0.39, 0.29) is 12.5 Å². The summed E-state index contributed by atoms with van der Waals surface area (Å²) in [6, 6.07) is 12.3. The first-order valence-corrected chi connectivity index (χ1v) is 6.59. The molecule has 19 heavy (non-hydrogen) atoms. The van der Waals surface area contributed by atoms with E-state index in [1.165, 1.54) is 0 Å². The molecule has 0 unspecified atom stereocenters. The number of aromatic nitrogens is 1. The predicted molar refractivity (Wildman–Crippen MR) is 75.7 cm³/mol. The molecule has 2 rings (SSSR count). The predicted octanol–water partition coefficient (Wildman–Crippen LogP) is 2.31. The summed E-state index contributed by atoms with van der Waals surface area (Å²) in [4.78, 5) is 16.1. The van der Waals surface area contributed by atoms with Crippen molar-refractivity contribution in [3.63, 3.8) is 0 Å². The molecule has 5 heteroatoms. The van der Waals surface area contributed by atoms with Gasteiger partial charge in [0.1, 0.15) is 4.60 Å². The average molecular weight is 321 g/mol. The smallest absolute Gasteiger partial charge is 0.254 e. The zero-order valence-corrected chi connectivity index (χ0v) is 11.7. The number of carbonyl (C=O) groups excluding carboxylic acids is 1. The minimum Gasteiger partial charge on any atom is -0.394 e. The highest BCUT2D eigenvalue weighted by atomic mass is 79.9. The van der Waals surface area contributed by atoms with Crippen molar-refractivity contribution in [1.29, 1.82) is 0 Å². The van der Waals surface area contributed by atoms with Gasteiger partial charge in [-0.15, -0.1) is 0 Å². The normalized spacial score (nSPS) is 11.9. The molecule has 1 aromatic heterocycles. The summed E-state index contributed by atoms with van der Waals surface area (Å²) >= 11 is 3.23. The molecule has 0 aliphatic heterocycles. The Kier molecular flexibility index (Phi) is 4.65. The lowest BCUT2D eigenvalue weighted by atomic mass is 10.1. The molecule has 1 heterocycles. The summed E-state index contributed by atoms with van der Waals surface area (Å²) in [7, 11) is 0. The minimum absolute atomic E-state index is 0.159. The largest absolute Gasteiger partial charge is 0.394 e. The van der Waals surface area contributed by atoms with Gasteiger partial charge in [0, 0.05) is 6.20 Å². The van der Waals surface area contributed by atoms with Crippen LogP contribution in [0.15, 0.2) is 53.3 Å². The maximum Gasteiger partial charge on any atom is 0.254 e. The maximum absolute atomic E-state index is 12.1. The number of carbonyl (C=O) groups is 1. The van der Waals surface area contributed by atoms with Crippen molar-refractivity contribution >= 4 is 21.8 Å². The number of halogens is 1. The number of nitrogens with zero attached hydrogens (tertiary/aromatic N) is 1. The average Bonchev–Trinajstić information content (AvgIpc) is 2.46. The van der Waals surface area contributed by atoms with Crippen LogP contribution < -0.4 is 5.32 Å². The molecule has 0 radical (unpaired) electrons. The SMILES string of the molecule is O=C(N[C@H](CO)c1ccccc1)c1cccnc1Br. The van der Waals surface area contributed by atoms with Crippen LogP contribution >= 0.6 is 15.9 Å². The topological polar surface area (TPSA) is 62.2 Å². The van der Waals surface area contributed by atoms with E-state index in [1.54, 1.807) is 18.3 Å². The zero-order valence-electron chi connectivity index (χ0n) is 10.1. The van der Waals surface area contributed by atoms with Crippen molar-refractivity contribution in [1.82, 2.24) is 10.3 Å². The van der Waals surface area contributed by atoms with Gasteiger partial charge in [-0.25, -0.2) is 4.98 Å². The summed E-state index contributed by atoms with van der Waals surface area (Å²) < 4.78 is 0.484. The molecule has 4 nitrogen and oxygen atoms in total. The molecule has 98 valence electrons. The quantitative estimate of drug-likeness (QED) is 0.850. The zero-order chi connectivity index (χ0) is 13.7. The minimum atomic E-state index is -0.430. The second kappa shape index (κ2) is 6.45. The van der Waals surface area contributed by atoms with Gasteiger partial charge in [-0.2, -0.15) is 0 Å². The Bertz CT molecular complexity index is 560. The standard InChI is InChI=1S/C14H13BrN2O2/c15-13-11(7-4-8-16-13)14(19)17-12(9-18)10-5-2-1-3-6-10/h1-8,12,18H,9H2,(H,17,19)/t12-/m1/s1. The molecule has 0 aliphatic rings. The lowest BCUT2D eigenvalue weighted by Crippen LogP contribution is -2.31. The van der Waals surface area contributed by atoms with Crippen LogP contribution in [0.4, 0.5) is 0 Å². The van der Waals surface area contributed by atoms with Gasteiger partial charge in [0.15, 0.2) is 0 Å². The van der Waals surface area contributed by atoms with Gasteiger partial charge in [0.05, 0.1) is 18.2 Å². The second-order valence-electron chi connectivity index (χ2n) is 3.96. The molecule has 1 amide bonds. The van der Waals surface area contributed by atoms with Crippen LogP contribution in [0.3, 0.4) is 0 Å². The third-order valence-electron chi connectivity index (χ3n) is 2.69. The number of amides is 1. The van der Waals surface area contributed by atoms with E-state index in [2.05, 4.69) is 26.2 Å². The molecule has 1 aromatic carbocycles. The van der Waals surface area contributed by atoms with Gasteiger partial charge >= 0.3 is 0 Å². The Labute approximate surface area is 119 Å². The second-order valence-corrected chi connectivity index (χ2v) is 4.71. The first-order valence-electron chi connectivity index (χ1n) is 5.79. The van der Waals surface area contributed by atoms with Crippen LogP contribution in [-0.2, 0) is 0 Å². The van der Waals surface area contributed by atoms with Crippen LogP contribution in [0.1, 0.15) is 22.0 Å². The van der Waals surface area contributed by atoms with E-state index >= 15 is 0 Å². The fraction of sp³-hybridized carbons (Fsp3) is 0.143. The molecule has 0 saturated carbocycles. The Morgan fingerprint density at radius 2 is 2.00 bits per heavy atom. The lowest BCUT2D eigenvalue weighted by Gasteiger charge is -2.17. The molecule has 2 aromatic rings. The van der Waals surface area contributed by atoms with Crippen molar-refractivity contribution in [3.05, 3.63) is 64.4 Å². The Morgan fingerprint density at radius 3 is 2.63 bits per heavy atom.